The van der Waals surface area contributed by atoms with Crippen LogP contribution in [0.4, 0.5) is 0 Å². The summed E-state index contributed by atoms with van der Waals surface area (Å²) < 4.78 is 32.9. The van der Waals surface area contributed by atoms with E-state index in [4.69, 9.17) is 4.52 Å². The Hall–Kier alpha value is -1.71. The van der Waals surface area contributed by atoms with Gasteiger partial charge in [0, 0.05) is 18.8 Å². The van der Waals surface area contributed by atoms with Gasteiger partial charge in [-0.1, -0.05) is 5.16 Å². The van der Waals surface area contributed by atoms with E-state index in [1.54, 1.807) is 10.7 Å². The lowest BCUT2D eigenvalue weighted by molar-refractivity contribution is 0.380. The molecule has 0 amide bonds. The molecule has 0 radical (unpaired) electrons. The van der Waals surface area contributed by atoms with E-state index >= 15 is 0 Å². The summed E-state index contributed by atoms with van der Waals surface area (Å²) in [5.74, 6) is 0.454. The molecule has 0 aliphatic heterocycles. The van der Waals surface area contributed by atoms with Gasteiger partial charge in [-0.15, -0.1) is 0 Å². The number of hydrogen-bond acceptors (Lipinski definition) is 6. The third kappa shape index (κ3) is 3.89. The van der Waals surface area contributed by atoms with E-state index in [1.807, 2.05) is 7.05 Å². The molecule has 2 aromatic heterocycles. The molecule has 8 nitrogen and oxygen atoms in total. The maximum atomic E-state index is 12.0. The van der Waals surface area contributed by atoms with E-state index in [0.717, 1.165) is 13.0 Å². The van der Waals surface area contributed by atoms with Gasteiger partial charge in [-0.25, -0.2) is 13.1 Å². The Balaban J connectivity index is 1.95. The van der Waals surface area contributed by atoms with Crippen LogP contribution in [-0.2, 0) is 23.1 Å². The maximum Gasteiger partial charge on any atom is 0.244 e. The standard InChI is InChI=1S/C11H17N5O3S/c1-12-4-2-6-16-9-11(8-13-16)20(17,18)15-7-10-3-5-14-19-10/h3,5,8-9,12,15H,2,4,6-7H2,1H3. The van der Waals surface area contributed by atoms with Gasteiger partial charge in [0.1, 0.15) is 4.90 Å². The zero-order valence-electron chi connectivity index (χ0n) is 11.1. The second-order valence-electron chi connectivity index (χ2n) is 4.20. The Morgan fingerprint density at radius 2 is 2.30 bits per heavy atom. The Morgan fingerprint density at radius 3 is 3.00 bits per heavy atom. The molecule has 0 saturated carbocycles. The van der Waals surface area contributed by atoms with Gasteiger partial charge in [0.25, 0.3) is 0 Å². The van der Waals surface area contributed by atoms with Crippen molar-refractivity contribution in [3.63, 3.8) is 0 Å². The molecule has 2 N–H and O–H groups in total. The predicted octanol–water partition coefficient (Wildman–Crippen LogP) is -0.0409. The average molecular weight is 299 g/mol. The second-order valence-corrected chi connectivity index (χ2v) is 5.97. The van der Waals surface area contributed by atoms with Gasteiger partial charge in [0.2, 0.25) is 10.0 Å². The molecule has 2 rings (SSSR count). The molecule has 0 bridgehead atoms. The lowest BCUT2D eigenvalue weighted by Crippen LogP contribution is -2.22. The van der Waals surface area contributed by atoms with Crippen LogP contribution in [0, 0.1) is 0 Å². The molecule has 2 aromatic rings. The fourth-order valence-electron chi connectivity index (χ4n) is 1.61. The van der Waals surface area contributed by atoms with Crippen LogP contribution in [0.15, 0.2) is 34.1 Å². The first-order valence-corrected chi connectivity index (χ1v) is 7.66. The van der Waals surface area contributed by atoms with Gasteiger partial charge in [-0.05, 0) is 20.0 Å². The molecule has 0 aliphatic rings. The second kappa shape index (κ2) is 6.64. The zero-order valence-corrected chi connectivity index (χ0v) is 11.9. The lowest BCUT2D eigenvalue weighted by atomic mass is 10.4. The molecule has 2 heterocycles. The molecule has 0 spiro atoms. The fraction of sp³-hybridized carbons (Fsp3) is 0.455. The van der Waals surface area contributed by atoms with Gasteiger partial charge in [0.15, 0.2) is 5.76 Å². The molecule has 110 valence electrons. The molecule has 0 aromatic carbocycles. The summed E-state index contributed by atoms with van der Waals surface area (Å²) in [6, 6.07) is 1.60. The zero-order chi connectivity index (χ0) is 14.4. The van der Waals surface area contributed by atoms with Crippen molar-refractivity contribution in [3.05, 3.63) is 30.4 Å². The number of nitrogens with one attached hydrogen (secondary N) is 2. The quantitative estimate of drug-likeness (QED) is 0.663. The molecule has 20 heavy (non-hydrogen) atoms. The number of rotatable bonds is 8. The van der Waals surface area contributed by atoms with Crippen LogP contribution in [0.3, 0.4) is 0 Å². The van der Waals surface area contributed by atoms with Crippen LogP contribution < -0.4 is 10.0 Å². The minimum Gasteiger partial charge on any atom is -0.360 e. The van der Waals surface area contributed by atoms with E-state index in [9.17, 15) is 8.42 Å². The van der Waals surface area contributed by atoms with Crippen molar-refractivity contribution in [1.82, 2.24) is 25.0 Å². The monoisotopic (exact) mass is 299 g/mol. The van der Waals surface area contributed by atoms with Crippen molar-refractivity contribution in [2.75, 3.05) is 13.6 Å². The largest absolute Gasteiger partial charge is 0.360 e. The van der Waals surface area contributed by atoms with E-state index in [-0.39, 0.29) is 11.4 Å². The van der Waals surface area contributed by atoms with E-state index in [1.165, 1.54) is 18.6 Å². The van der Waals surface area contributed by atoms with E-state index in [2.05, 4.69) is 20.3 Å². The molecule has 0 atom stereocenters. The highest BCUT2D eigenvalue weighted by atomic mass is 32.2. The van der Waals surface area contributed by atoms with Crippen LogP contribution >= 0.6 is 0 Å². The number of aryl methyl sites for hydroxylation is 1. The van der Waals surface area contributed by atoms with Crippen LogP contribution in [-0.4, -0.2) is 36.9 Å². The summed E-state index contributed by atoms with van der Waals surface area (Å²) >= 11 is 0. The first-order valence-electron chi connectivity index (χ1n) is 6.18. The van der Waals surface area contributed by atoms with Crippen molar-refractivity contribution in [1.29, 1.82) is 0 Å². The minimum absolute atomic E-state index is 0.0628. The number of hydrogen-bond donors (Lipinski definition) is 2. The van der Waals surface area contributed by atoms with Crippen molar-refractivity contribution in [3.8, 4) is 0 Å². The minimum atomic E-state index is -3.58. The molecule has 0 unspecified atom stereocenters. The smallest absolute Gasteiger partial charge is 0.244 e. The highest BCUT2D eigenvalue weighted by Crippen LogP contribution is 2.08. The average Bonchev–Trinajstić information content (AvgIpc) is 3.08. The Bertz CT molecular complexity index is 620. The molecular weight excluding hydrogens is 282 g/mol. The number of sulfonamides is 1. The van der Waals surface area contributed by atoms with E-state index in [0.29, 0.717) is 12.3 Å². The number of nitrogens with zero attached hydrogens (tertiary/aromatic N) is 3. The maximum absolute atomic E-state index is 12.0. The highest BCUT2D eigenvalue weighted by molar-refractivity contribution is 7.89. The first-order chi connectivity index (χ1) is 9.62. The van der Waals surface area contributed by atoms with Gasteiger partial charge >= 0.3 is 0 Å². The van der Waals surface area contributed by atoms with Crippen LogP contribution in [0.5, 0.6) is 0 Å². The van der Waals surface area contributed by atoms with Crippen LogP contribution in [0.1, 0.15) is 12.2 Å². The van der Waals surface area contributed by atoms with Gasteiger partial charge in [-0.2, -0.15) is 5.10 Å². The summed E-state index contributed by atoms with van der Waals surface area (Å²) in [5, 5.41) is 10.6. The summed E-state index contributed by atoms with van der Waals surface area (Å²) in [7, 11) is -1.72. The van der Waals surface area contributed by atoms with Crippen molar-refractivity contribution >= 4 is 10.0 Å². The van der Waals surface area contributed by atoms with Crippen molar-refractivity contribution in [2.24, 2.45) is 0 Å². The third-order valence-electron chi connectivity index (χ3n) is 2.66. The van der Waals surface area contributed by atoms with Gasteiger partial charge in [-0.3, -0.25) is 4.68 Å². The van der Waals surface area contributed by atoms with Gasteiger partial charge < -0.3 is 9.84 Å². The molecule has 9 heteroatoms. The van der Waals surface area contributed by atoms with Crippen molar-refractivity contribution < 1.29 is 12.9 Å². The summed E-state index contributed by atoms with van der Waals surface area (Å²) in [6.45, 7) is 1.58. The SMILES string of the molecule is CNCCCn1cc(S(=O)(=O)NCc2ccno2)cn1. The highest BCUT2D eigenvalue weighted by Gasteiger charge is 2.16. The van der Waals surface area contributed by atoms with Gasteiger partial charge in [0.05, 0.1) is 18.9 Å². The summed E-state index contributed by atoms with van der Waals surface area (Å²) in [5.41, 5.74) is 0. The summed E-state index contributed by atoms with van der Waals surface area (Å²) in [4.78, 5) is 0.140. The topological polar surface area (TPSA) is 102 Å². The normalized spacial score (nSPS) is 11.8. The Labute approximate surface area is 117 Å². The van der Waals surface area contributed by atoms with Crippen LogP contribution in [0.2, 0.25) is 0 Å². The molecule has 0 fully saturated rings. The van der Waals surface area contributed by atoms with Crippen molar-refractivity contribution in [2.45, 2.75) is 24.4 Å². The Kier molecular flexibility index (Phi) is 4.88. The van der Waals surface area contributed by atoms with Crippen LogP contribution in [0.25, 0.3) is 0 Å². The Morgan fingerprint density at radius 1 is 1.45 bits per heavy atom. The summed E-state index contributed by atoms with van der Waals surface area (Å²) in [6.07, 6.45) is 5.19. The predicted molar refractivity (Wildman–Crippen MR) is 71.3 cm³/mol. The van der Waals surface area contributed by atoms with E-state index < -0.39 is 10.0 Å². The first kappa shape index (κ1) is 14.7. The molecule has 0 aliphatic carbocycles. The third-order valence-corrected chi connectivity index (χ3v) is 4.02. The molecular formula is C11H17N5O3S. The number of aromatic nitrogens is 3. The fourth-order valence-corrected chi connectivity index (χ4v) is 2.55. The lowest BCUT2D eigenvalue weighted by Gasteiger charge is -2.02. The molecule has 0 saturated heterocycles.